The maximum absolute atomic E-state index is 11.3. The molecule has 5 nitrogen and oxygen atoms in total. The quantitative estimate of drug-likeness (QED) is 0.817. The van der Waals surface area contributed by atoms with Gasteiger partial charge in [0.15, 0.2) is 0 Å². The van der Waals surface area contributed by atoms with Crippen molar-refractivity contribution >= 4 is 11.7 Å². The van der Waals surface area contributed by atoms with Crippen LogP contribution in [0.25, 0.3) is 0 Å². The lowest BCUT2D eigenvalue weighted by atomic mass is 10.1. The van der Waals surface area contributed by atoms with E-state index in [4.69, 9.17) is 15.3 Å². The van der Waals surface area contributed by atoms with Crippen molar-refractivity contribution < 1.29 is 9.53 Å². The highest BCUT2D eigenvalue weighted by Crippen LogP contribution is 2.16. The number of carbonyl (C=O) groups excluding carboxylic acids is 1. The van der Waals surface area contributed by atoms with Gasteiger partial charge in [-0.25, -0.2) is 0 Å². The van der Waals surface area contributed by atoms with Crippen molar-refractivity contribution in [2.75, 3.05) is 11.9 Å². The van der Waals surface area contributed by atoms with Crippen molar-refractivity contribution in [2.45, 2.75) is 26.3 Å². The zero-order valence-corrected chi connectivity index (χ0v) is 10.9. The molecule has 1 aromatic carbocycles. The minimum atomic E-state index is -0.267. The van der Waals surface area contributed by atoms with Gasteiger partial charge in [-0.1, -0.05) is 0 Å². The van der Waals surface area contributed by atoms with E-state index in [1.54, 1.807) is 25.1 Å². The van der Waals surface area contributed by atoms with Crippen LogP contribution in [0, 0.1) is 22.7 Å². The number of anilines is 1. The average Bonchev–Trinajstić information content (AvgIpc) is 2.38. The first kappa shape index (κ1) is 14.5. The maximum Gasteiger partial charge on any atom is 0.307 e. The molecule has 0 aromatic heterocycles. The van der Waals surface area contributed by atoms with Gasteiger partial charge in [0, 0.05) is 11.7 Å². The molecule has 0 heterocycles. The standard InChI is InChI=1S/C14H15N3O2/c1-3-19-14(18)6-10(2)17-13-5-4-11(8-15)12(7-13)9-16/h4-5,7,10,17H,3,6H2,1-2H3. The Morgan fingerprint density at radius 3 is 2.63 bits per heavy atom. The second-order valence-corrected chi connectivity index (χ2v) is 4.04. The molecular formula is C14H15N3O2. The summed E-state index contributed by atoms with van der Waals surface area (Å²) < 4.78 is 4.86. The number of hydrogen-bond donors (Lipinski definition) is 1. The second-order valence-electron chi connectivity index (χ2n) is 4.04. The summed E-state index contributed by atoms with van der Waals surface area (Å²) >= 11 is 0. The molecule has 0 aliphatic rings. The summed E-state index contributed by atoms with van der Waals surface area (Å²) in [4.78, 5) is 11.3. The Morgan fingerprint density at radius 1 is 1.37 bits per heavy atom. The summed E-state index contributed by atoms with van der Waals surface area (Å²) in [5.41, 5.74) is 1.36. The third-order valence-electron chi connectivity index (χ3n) is 2.45. The summed E-state index contributed by atoms with van der Waals surface area (Å²) in [6, 6.07) is 8.69. The molecule has 0 radical (unpaired) electrons. The van der Waals surface area contributed by atoms with E-state index >= 15 is 0 Å². The normalized spacial score (nSPS) is 10.9. The Bertz CT molecular complexity index is 541. The lowest BCUT2D eigenvalue weighted by Gasteiger charge is -2.14. The van der Waals surface area contributed by atoms with Crippen molar-refractivity contribution in [1.82, 2.24) is 0 Å². The summed E-state index contributed by atoms with van der Waals surface area (Å²) in [7, 11) is 0. The summed E-state index contributed by atoms with van der Waals surface area (Å²) in [5, 5.41) is 20.8. The molecule has 0 spiro atoms. The summed E-state index contributed by atoms with van der Waals surface area (Å²) in [5.74, 6) is -0.267. The predicted octanol–water partition coefficient (Wildman–Crippen LogP) is 2.18. The topological polar surface area (TPSA) is 85.9 Å². The summed E-state index contributed by atoms with van der Waals surface area (Å²) in [6.45, 7) is 3.97. The van der Waals surface area contributed by atoms with Gasteiger partial charge < -0.3 is 10.1 Å². The fraction of sp³-hybridized carbons (Fsp3) is 0.357. The number of hydrogen-bond acceptors (Lipinski definition) is 5. The van der Waals surface area contributed by atoms with Crippen LogP contribution in [-0.2, 0) is 9.53 Å². The van der Waals surface area contributed by atoms with E-state index < -0.39 is 0 Å². The van der Waals surface area contributed by atoms with E-state index in [9.17, 15) is 4.79 Å². The van der Waals surface area contributed by atoms with Crippen LogP contribution >= 0.6 is 0 Å². The van der Waals surface area contributed by atoms with Crippen LogP contribution < -0.4 is 5.32 Å². The molecule has 0 bridgehead atoms. The van der Waals surface area contributed by atoms with Crippen molar-refractivity contribution in [2.24, 2.45) is 0 Å². The van der Waals surface area contributed by atoms with Crippen molar-refractivity contribution in [3.05, 3.63) is 29.3 Å². The highest BCUT2D eigenvalue weighted by Gasteiger charge is 2.10. The molecule has 0 aliphatic carbocycles. The first-order valence-electron chi connectivity index (χ1n) is 5.97. The molecule has 1 aromatic rings. The Morgan fingerprint density at radius 2 is 2.05 bits per heavy atom. The lowest BCUT2D eigenvalue weighted by Crippen LogP contribution is -2.21. The number of nitrogens with zero attached hydrogens (tertiary/aromatic N) is 2. The van der Waals surface area contributed by atoms with E-state index in [1.165, 1.54) is 0 Å². The van der Waals surface area contributed by atoms with Gasteiger partial charge >= 0.3 is 5.97 Å². The molecule has 0 saturated heterocycles. The highest BCUT2D eigenvalue weighted by atomic mass is 16.5. The zero-order chi connectivity index (χ0) is 14.3. The monoisotopic (exact) mass is 257 g/mol. The second kappa shape index (κ2) is 7.03. The van der Waals surface area contributed by atoms with E-state index in [0.717, 1.165) is 0 Å². The van der Waals surface area contributed by atoms with Crippen LogP contribution in [0.15, 0.2) is 18.2 Å². The number of rotatable bonds is 5. The fourth-order valence-corrected chi connectivity index (χ4v) is 1.63. The molecule has 1 unspecified atom stereocenters. The number of nitriles is 2. The largest absolute Gasteiger partial charge is 0.466 e. The molecular weight excluding hydrogens is 242 g/mol. The molecule has 0 saturated carbocycles. The average molecular weight is 257 g/mol. The smallest absolute Gasteiger partial charge is 0.307 e. The van der Waals surface area contributed by atoms with Gasteiger partial charge in [0.25, 0.3) is 0 Å². The van der Waals surface area contributed by atoms with Crippen molar-refractivity contribution in [1.29, 1.82) is 10.5 Å². The first-order chi connectivity index (χ1) is 9.10. The van der Waals surface area contributed by atoms with Gasteiger partial charge in [0.2, 0.25) is 0 Å². The number of nitrogens with one attached hydrogen (secondary N) is 1. The minimum absolute atomic E-state index is 0.112. The number of ether oxygens (including phenoxy) is 1. The van der Waals surface area contributed by atoms with Gasteiger partial charge in [-0.05, 0) is 32.0 Å². The van der Waals surface area contributed by atoms with Crippen molar-refractivity contribution in [3.8, 4) is 12.1 Å². The Labute approximate surface area is 112 Å². The van der Waals surface area contributed by atoms with Gasteiger partial charge in [0.05, 0.1) is 24.2 Å². The molecule has 98 valence electrons. The van der Waals surface area contributed by atoms with Gasteiger partial charge in [0.1, 0.15) is 12.1 Å². The molecule has 1 atom stereocenters. The Kier molecular flexibility index (Phi) is 5.37. The van der Waals surface area contributed by atoms with Gasteiger partial charge in [-0.3, -0.25) is 4.79 Å². The van der Waals surface area contributed by atoms with Crippen LogP contribution in [0.3, 0.4) is 0 Å². The number of esters is 1. The molecule has 19 heavy (non-hydrogen) atoms. The van der Waals surface area contributed by atoms with Gasteiger partial charge in [-0.15, -0.1) is 0 Å². The van der Waals surface area contributed by atoms with Crippen LogP contribution in [0.2, 0.25) is 0 Å². The number of benzene rings is 1. The lowest BCUT2D eigenvalue weighted by molar-refractivity contribution is -0.143. The third-order valence-corrected chi connectivity index (χ3v) is 2.45. The molecule has 0 amide bonds. The SMILES string of the molecule is CCOC(=O)CC(C)Nc1ccc(C#N)c(C#N)c1. The van der Waals surface area contributed by atoms with Crippen LogP contribution in [0.4, 0.5) is 5.69 Å². The van der Waals surface area contributed by atoms with Crippen LogP contribution in [-0.4, -0.2) is 18.6 Å². The molecule has 0 aliphatic heterocycles. The zero-order valence-electron chi connectivity index (χ0n) is 10.9. The summed E-state index contributed by atoms with van der Waals surface area (Å²) in [6.07, 6.45) is 0.246. The Hall–Kier alpha value is -2.53. The Balaban J connectivity index is 2.70. The fourth-order valence-electron chi connectivity index (χ4n) is 1.63. The predicted molar refractivity (Wildman–Crippen MR) is 70.2 cm³/mol. The van der Waals surface area contributed by atoms with E-state index in [0.29, 0.717) is 23.4 Å². The molecule has 0 fully saturated rings. The minimum Gasteiger partial charge on any atom is -0.466 e. The number of carbonyl (C=O) groups is 1. The molecule has 1 N–H and O–H groups in total. The highest BCUT2D eigenvalue weighted by molar-refractivity contribution is 5.70. The molecule has 1 rings (SSSR count). The van der Waals surface area contributed by atoms with E-state index in [-0.39, 0.29) is 18.4 Å². The van der Waals surface area contributed by atoms with Crippen LogP contribution in [0.1, 0.15) is 31.4 Å². The van der Waals surface area contributed by atoms with Crippen molar-refractivity contribution in [3.63, 3.8) is 0 Å². The van der Waals surface area contributed by atoms with Gasteiger partial charge in [-0.2, -0.15) is 10.5 Å². The van der Waals surface area contributed by atoms with E-state index in [2.05, 4.69) is 5.32 Å². The molecule has 5 heteroatoms. The maximum atomic E-state index is 11.3. The first-order valence-corrected chi connectivity index (χ1v) is 5.97. The van der Waals surface area contributed by atoms with Crippen LogP contribution in [0.5, 0.6) is 0 Å². The third kappa shape index (κ3) is 4.33. The van der Waals surface area contributed by atoms with E-state index in [1.807, 2.05) is 19.1 Å².